The maximum atomic E-state index is 12.4. The Kier molecular flexibility index (Phi) is 6.03. The van der Waals surface area contributed by atoms with Crippen LogP contribution in [0.5, 0.6) is 0 Å². The van der Waals surface area contributed by atoms with Crippen molar-refractivity contribution in [2.45, 2.75) is 20.3 Å². The minimum Gasteiger partial charge on any atom is -0.323 e. The van der Waals surface area contributed by atoms with E-state index in [1.54, 1.807) is 18.5 Å². The Bertz CT molecular complexity index is 1190. The van der Waals surface area contributed by atoms with E-state index in [0.717, 1.165) is 34.7 Å². The number of hydrogen-bond acceptors (Lipinski definition) is 3. The van der Waals surface area contributed by atoms with Gasteiger partial charge in [0.1, 0.15) is 0 Å². The number of anilines is 1. The second kappa shape index (κ2) is 9.22. The normalized spacial score (nSPS) is 11.0. The van der Waals surface area contributed by atoms with Gasteiger partial charge in [-0.2, -0.15) is 5.10 Å². The highest BCUT2D eigenvalue weighted by molar-refractivity contribution is 6.02. The minimum atomic E-state index is -0.173. The molecule has 0 spiro atoms. The number of nitrogens with zero attached hydrogens (tertiary/aromatic N) is 3. The van der Waals surface area contributed by atoms with E-state index in [1.807, 2.05) is 91.3 Å². The smallest absolute Gasteiger partial charge is 0.248 e. The van der Waals surface area contributed by atoms with E-state index >= 15 is 0 Å². The molecule has 0 bridgehead atoms. The molecule has 1 N–H and O–H groups in total. The number of aromatic nitrogens is 3. The zero-order chi connectivity index (χ0) is 21.6. The van der Waals surface area contributed by atoms with Crippen LogP contribution < -0.4 is 5.32 Å². The van der Waals surface area contributed by atoms with Crippen LogP contribution in [-0.4, -0.2) is 20.7 Å². The number of benzene rings is 2. The van der Waals surface area contributed by atoms with Crippen LogP contribution in [0, 0.1) is 13.8 Å². The van der Waals surface area contributed by atoms with Crippen molar-refractivity contribution >= 4 is 17.7 Å². The Hall–Kier alpha value is -3.99. The average Bonchev–Trinajstić information content (AvgIpc) is 3.08. The van der Waals surface area contributed by atoms with Gasteiger partial charge in [0.05, 0.1) is 11.4 Å². The van der Waals surface area contributed by atoms with Crippen LogP contribution in [0.1, 0.15) is 28.1 Å². The predicted molar refractivity (Wildman–Crippen MR) is 124 cm³/mol. The first-order valence-corrected chi connectivity index (χ1v) is 10.2. The number of carbonyl (C=O) groups is 1. The highest BCUT2D eigenvalue weighted by Gasteiger charge is 2.10. The highest BCUT2D eigenvalue weighted by atomic mass is 16.1. The summed E-state index contributed by atoms with van der Waals surface area (Å²) in [5, 5.41) is 7.53. The first kappa shape index (κ1) is 20.3. The van der Waals surface area contributed by atoms with Crippen LogP contribution in [0.2, 0.25) is 0 Å². The maximum absolute atomic E-state index is 12.4. The summed E-state index contributed by atoms with van der Waals surface area (Å²) in [6.07, 6.45) is 7.80. The fourth-order valence-corrected chi connectivity index (χ4v) is 3.50. The van der Waals surface area contributed by atoms with Gasteiger partial charge in [-0.3, -0.25) is 9.78 Å². The number of carbonyl (C=O) groups excluding carboxylic acids is 1. The lowest BCUT2D eigenvalue weighted by atomic mass is 10.1. The summed E-state index contributed by atoms with van der Waals surface area (Å²) in [6.45, 7) is 3.96. The summed E-state index contributed by atoms with van der Waals surface area (Å²) in [6, 6.07) is 21.9. The van der Waals surface area contributed by atoms with E-state index in [1.165, 1.54) is 11.1 Å². The minimum absolute atomic E-state index is 0.173. The highest BCUT2D eigenvalue weighted by Crippen LogP contribution is 2.19. The van der Waals surface area contributed by atoms with Crippen molar-refractivity contribution in [3.05, 3.63) is 113 Å². The van der Waals surface area contributed by atoms with Gasteiger partial charge in [-0.1, -0.05) is 30.3 Å². The molecule has 5 nitrogen and oxygen atoms in total. The van der Waals surface area contributed by atoms with Crippen molar-refractivity contribution in [2.75, 3.05) is 5.32 Å². The van der Waals surface area contributed by atoms with E-state index < -0.39 is 0 Å². The van der Waals surface area contributed by atoms with Crippen molar-refractivity contribution in [1.82, 2.24) is 14.8 Å². The molecule has 2 aromatic carbocycles. The van der Waals surface area contributed by atoms with Crippen molar-refractivity contribution < 1.29 is 4.79 Å². The Balaban J connectivity index is 1.41. The molecule has 1 amide bonds. The Labute approximate surface area is 182 Å². The number of para-hydroxylation sites is 1. The molecule has 5 heteroatoms. The fraction of sp³-hybridized carbons (Fsp3) is 0.115. The Morgan fingerprint density at radius 1 is 0.935 bits per heavy atom. The quantitative estimate of drug-likeness (QED) is 0.450. The lowest BCUT2D eigenvalue weighted by Crippen LogP contribution is -2.07. The molecule has 0 aliphatic carbocycles. The molecule has 0 unspecified atom stereocenters. The van der Waals surface area contributed by atoms with Crippen LogP contribution in [0.3, 0.4) is 0 Å². The van der Waals surface area contributed by atoms with Crippen LogP contribution >= 0.6 is 0 Å². The summed E-state index contributed by atoms with van der Waals surface area (Å²) in [5.41, 5.74) is 6.97. The van der Waals surface area contributed by atoms with Crippen molar-refractivity contribution in [3.8, 4) is 5.69 Å². The van der Waals surface area contributed by atoms with E-state index in [2.05, 4.69) is 15.4 Å². The molecule has 31 heavy (non-hydrogen) atoms. The van der Waals surface area contributed by atoms with Gasteiger partial charge >= 0.3 is 0 Å². The summed E-state index contributed by atoms with van der Waals surface area (Å²) in [7, 11) is 0. The third kappa shape index (κ3) is 4.95. The van der Waals surface area contributed by atoms with Crippen LogP contribution in [0.15, 0.2) is 85.2 Å². The second-order valence-corrected chi connectivity index (χ2v) is 7.38. The largest absolute Gasteiger partial charge is 0.323 e. The van der Waals surface area contributed by atoms with E-state index in [-0.39, 0.29) is 5.91 Å². The summed E-state index contributed by atoms with van der Waals surface area (Å²) in [4.78, 5) is 16.5. The summed E-state index contributed by atoms with van der Waals surface area (Å²) < 4.78 is 1.90. The van der Waals surface area contributed by atoms with E-state index in [4.69, 9.17) is 0 Å². The molecule has 0 saturated carbocycles. The molecule has 154 valence electrons. The molecule has 4 rings (SSSR count). The molecule has 0 radical (unpaired) electrons. The summed E-state index contributed by atoms with van der Waals surface area (Å²) in [5.74, 6) is -0.173. The van der Waals surface area contributed by atoms with Crippen LogP contribution in [0.25, 0.3) is 11.8 Å². The molecule has 2 aromatic heterocycles. The molecule has 4 aromatic rings. The molecule has 0 saturated heterocycles. The Morgan fingerprint density at radius 2 is 1.61 bits per heavy atom. The van der Waals surface area contributed by atoms with Crippen LogP contribution in [-0.2, 0) is 11.2 Å². The third-order valence-electron chi connectivity index (χ3n) is 5.13. The number of amides is 1. The van der Waals surface area contributed by atoms with Gasteiger partial charge in [0.25, 0.3) is 0 Å². The molecule has 0 aliphatic rings. The topological polar surface area (TPSA) is 59.8 Å². The zero-order valence-electron chi connectivity index (χ0n) is 17.6. The third-order valence-corrected chi connectivity index (χ3v) is 5.13. The predicted octanol–water partition coefficient (Wildman–Crippen LogP) is 5.13. The molecular weight excluding hydrogens is 384 g/mol. The molecular formula is C26H24N4O. The van der Waals surface area contributed by atoms with E-state index in [9.17, 15) is 4.79 Å². The first-order valence-electron chi connectivity index (χ1n) is 10.2. The zero-order valence-corrected chi connectivity index (χ0v) is 17.6. The monoisotopic (exact) mass is 408 g/mol. The van der Waals surface area contributed by atoms with Gasteiger partial charge in [0, 0.05) is 35.4 Å². The van der Waals surface area contributed by atoms with Gasteiger partial charge < -0.3 is 5.32 Å². The van der Waals surface area contributed by atoms with Gasteiger partial charge in [0.15, 0.2) is 0 Å². The standard InChI is InChI=1S/C26H24N4O/c1-19-25(20(2)30(29-19)24-6-4-3-5-7-24)12-13-26(31)28-23-10-8-21(9-11-23)18-22-14-16-27-17-15-22/h3-17H,18H2,1-2H3,(H,28,31)/b13-12+. The number of rotatable bonds is 6. The fourth-order valence-electron chi connectivity index (χ4n) is 3.50. The molecule has 2 heterocycles. The Morgan fingerprint density at radius 3 is 2.32 bits per heavy atom. The maximum Gasteiger partial charge on any atom is 0.248 e. The molecule has 0 fully saturated rings. The van der Waals surface area contributed by atoms with Crippen LogP contribution in [0.4, 0.5) is 5.69 Å². The SMILES string of the molecule is Cc1nn(-c2ccccc2)c(C)c1/C=C/C(=O)Nc1ccc(Cc2ccncc2)cc1. The number of pyridine rings is 1. The second-order valence-electron chi connectivity index (χ2n) is 7.38. The average molecular weight is 409 g/mol. The van der Waals surface area contributed by atoms with Gasteiger partial charge in [-0.25, -0.2) is 4.68 Å². The van der Waals surface area contributed by atoms with Crippen molar-refractivity contribution in [2.24, 2.45) is 0 Å². The van der Waals surface area contributed by atoms with Crippen molar-refractivity contribution in [3.63, 3.8) is 0 Å². The summed E-state index contributed by atoms with van der Waals surface area (Å²) >= 11 is 0. The molecule has 0 atom stereocenters. The van der Waals surface area contributed by atoms with Crippen molar-refractivity contribution in [1.29, 1.82) is 0 Å². The molecule has 0 aliphatic heterocycles. The van der Waals surface area contributed by atoms with Gasteiger partial charge in [-0.05, 0) is 73.9 Å². The number of aryl methyl sites for hydroxylation is 1. The number of hydrogen-bond donors (Lipinski definition) is 1. The number of nitrogens with one attached hydrogen (secondary N) is 1. The van der Waals surface area contributed by atoms with E-state index in [0.29, 0.717) is 0 Å². The first-order chi connectivity index (χ1) is 15.1. The lowest BCUT2D eigenvalue weighted by Gasteiger charge is -2.05. The van der Waals surface area contributed by atoms with Gasteiger partial charge in [0.2, 0.25) is 5.91 Å². The lowest BCUT2D eigenvalue weighted by molar-refractivity contribution is -0.111. The van der Waals surface area contributed by atoms with Gasteiger partial charge in [-0.15, -0.1) is 0 Å².